The molecule has 0 unspecified atom stereocenters. The topological polar surface area (TPSA) is 114 Å². The summed E-state index contributed by atoms with van der Waals surface area (Å²) in [5.41, 5.74) is 6.14. The van der Waals surface area contributed by atoms with Gasteiger partial charge in [-0.1, -0.05) is 5.16 Å². The predicted octanol–water partition coefficient (Wildman–Crippen LogP) is 0.547. The number of aromatic nitrogens is 2. The van der Waals surface area contributed by atoms with Crippen LogP contribution in [0.4, 0.5) is 5.69 Å². The first-order valence-electron chi connectivity index (χ1n) is 6.61. The number of anilines is 1. The smallest absolute Gasteiger partial charge is 0.248 e. The molecule has 1 aromatic carbocycles. The second kappa shape index (κ2) is 6.81. The van der Waals surface area contributed by atoms with Crippen molar-refractivity contribution in [2.75, 3.05) is 18.9 Å². The summed E-state index contributed by atoms with van der Waals surface area (Å²) in [6.45, 7) is 2.28. The number of carbonyl (C=O) groups is 2. The highest BCUT2D eigenvalue weighted by Gasteiger charge is 2.11. The molecule has 2 aromatic rings. The Labute approximate surface area is 127 Å². The number of nitrogens with one attached hydrogen (secondary N) is 1. The molecule has 1 aromatic heterocycles. The lowest BCUT2D eigenvalue weighted by Crippen LogP contribution is -2.30. The molecule has 8 nitrogen and oxygen atoms in total. The van der Waals surface area contributed by atoms with Gasteiger partial charge in [-0.3, -0.25) is 14.5 Å². The quantitative estimate of drug-likeness (QED) is 0.805. The molecule has 0 spiro atoms. The van der Waals surface area contributed by atoms with Gasteiger partial charge in [0.25, 0.3) is 0 Å². The summed E-state index contributed by atoms with van der Waals surface area (Å²) >= 11 is 0. The second-order valence-electron chi connectivity index (χ2n) is 4.90. The number of benzene rings is 1. The number of primary amides is 1. The predicted molar refractivity (Wildman–Crippen MR) is 79.0 cm³/mol. The summed E-state index contributed by atoms with van der Waals surface area (Å²) in [4.78, 5) is 28.7. The van der Waals surface area contributed by atoms with Gasteiger partial charge in [0, 0.05) is 11.3 Å². The monoisotopic (exact) mass is 303 g/mol. The summed E-state index contributed by atoms with van der Waals surface area (Å²) in [7, 11) is 1.77. The van der Waals surface area contributed by atoms with Gasteiger partial charge in [-0.2, -0.15) is 4.98 Å². The fraction of sp³-hybridized carbons (Fsp3) is 0.286. The van der Waals surface area contributed by atoms with Crippen molar-refractivity contribution >= 4 is 17.5 Å². The van der Waals surface area contributed by atoms with E-state index in [9.17, 15) is 9.59 Å². The van der Waals surface area contributed by atoms with Crippen LogP contribution in [0, 0.1) is 6.92 Å². The fourth-order valence-electron chi connectivity index (χ4n) is 1.85. The number of aryl methyl sites for hydroxylation is 1. The molecule has 0 atom stereocenters. The number of carbonyl (C=O) groups excluding carboxylic acids is 2. The number of nitrogens with two attached hydrogens (primary N) is 1. The number of likely N-dealkylation sites (N-methyl/N-ethyl adjacent to an activating group) is 1. The summed E-state index contributed by atoms with van der Waals surface area (Å²) in [5.74, 6) is 0.319. The molecule has 0 bridgehead atoms. The summed E-state index contributed by atoms with van der Waals surface area (Å²) in [6, 6.07) is 6.37. The molecule has 0 radical (unpaired) electrons. The van der Waals surface area contributed by atoms with Crippen molar-refractivity contribution in [2.45, 2.75) is 13.5 Å². The number of hydrogen-bond donors (Lipinski definition) is 2. The first-order chi connectivity index (χ1) is 10.4. The fourth-order valence-corrected chi connectivity index (χ4v) is 1.85. The Morgan fingerprint density at radius 3 is 2.55 bits per heavy atom. The average molecular weight is 303 g/mol. The highest BCUT2D eigenvalue weighted by atomic mass is 16.5. The molecule has 0 aliphatic rings. The molecule has 0 fully saturated rings. The molecule has 22 heavy (non-hydrogen) atoms. The van der Waals surface area contributed by atoms with Gasteiger partial charge in [0.05, 0.1) is 13.1 Å². The molecule has 3 N–H and O–H groups in total. The molecule has 8 heteroatoms. The van der Waals surface area contributed by atoms with E-state index in [1.807, 2.05) is 0 Å². The van der Waals surface area contributed by atoms with Crippen LogP contribution in [0.25, 0.3) is 0 Å². The van der Waals surface area contributed by atoms with Gasteiger partial charge in [0.1, 0.15) is 0 Å². The highest BCUT2D eigenvalue weighted by Crippen LogP contribution is 2.09. The van der Waals surface area contributed by atoms with Crippen LogP contribution in [0.1, 0.15) is 22.1 Å². The van der Waals surface area contributed by atoms with E-state index in [1.165, 1.54) is 0 Å². The van der Waals surface area contributed by atoms with Gasteiger partial charge >= 0.3 is 0 Å². The maximum atomic E-state index is 11.9. The van der Waals surface area contributed by atoms with E-state index in [2.05, 4.69) is 15.5 Å². The zero-order valence-corrected chi connectivity index (χ0v) is 12.4. The van der Waals surface area contributed by atoms with E-state index in [4.69, 9.17) is 10.3 Å². The minimum absolute atomic E-state index is 0.166. The third-order valence-electron chi connectivity index (χ3n) is 2.84. The van der Waals surface area contributed by atoms with Crippen molar-refractivity contribution in [3.05, 3.63) is 41.5 Å². The lowest BCUT2D eigenvalue weighted by Gasteiger charge is -2.14. The number of amides is 2. The SMILES string of the molecule is Cc1noc(CN(C)CC(=O)Nc2ccc(C(N)=O)cc2)n1. The van der Waals surface area contributed by atoms with Crippen LogP contribution >= 0.6 is 0 Å². The van der Waals surface area contributed by atoms with Gasteiger partial charge in [-0.05, 0) is 38.2 Å². The molecule has 0 aliphatic heterocycles. The minimum Gasteiger partial charge on any atom is -0.366 e. The Kier molecular flexibility index (Phi) is 4.84. The zero-order chi connectivity index (χ0) is 16.1. The maximum Gasteiger partial charge on any atom is 0.248 e. The van der Waals surface area contributed by atoms with Crippen molar-refractivity contribution in [3.63, 3.8) is 0 Å². The number of rotatable bonds is 6. The largest absolute Gasteiger partial charge is 0.366 e. The first-order valence-corrected chi connectivity index (χ1v) is 6.61. The normalized spacial score (nSPS) is 10.7. The van der Waals surface area contributed by atoms with Gasteiger partial charge in [0.15, 0.2) is 5.82 Å². The zero-order valence-electron chi connectivity index (χ0n) is 12.4. The first kappa shape index (κ1) is 15.6. The van der Waals surface area contributed by atoms with Crippen LogP contribution in [-0.4, -0.2) is 40.4 Å². The van der Waals surface area contributed by atoms with Crippen molar-refractivity contribution in [1.82, 2.24) is 15.0 Å². The summed E-state index contributed by atoms with van der Waals surface area (Å²) in [5, 5.41) is 6.42. The van der Waals surface area contributed by atoms with E-state index in [0.717, 1.165) is 0 Å². The Balaban J connectivity index is 1.85. The number of hydrogen-bond acceptors (Lipinski definition) is 6. The van der Waals surface area contributed by atoms with Gasteiger partial charge < -0.3 is 15.6 Å². The second-order valence-corrected chi connectivity index (χ2v) is 4.90. The lowest BCUT2D eigenvalue weighted by atomic mass is 10.2. The van der Waals surface area contributed by atoms with E-state index >= 15 is 0 Å². The van der Waals surface area contributed by atoms with Crippen molar-refractivity contribution in [2.24, 2.45) is 5.73 Å². The maximum absolute atomic E-state index is 11.9. The molecule has 0 saturated carbocycles. The van der Waals surface area contributed by atoms with Crippen LogP contribution in [-0.2, 0) is 11.3 Å². The standard InChI is InChI=1S/C14H17N5O3/c1-9-16-13(22-18-9)8-19(2)7-12(20)17-11-5-3-10(4-6-11)14(15)21/h3-6H,7-8H2,1-2H3,(H2,15,21)(H,17,20). The van der Waals surface area contributed by atoms with Crippen LogP contribution in [0.2, 0.25) is 0 Å². The molecule has 2 amide bonds. The van der Waals surface area contributed by atoms with Crippen LogP contribution in [0.3, 0.4) is 0 Å². The summed E-state index contributed by atoms with van der Waals surface area (Å²) in [6.07, 6.45) is 0. The molecule has 1 heterocycles. The Hall–Kier alpha value is -2.74. The van der Waals surface area contributed by atoms with Crippen molar-refractivity contribution in [1.29, 1.82) is 0 Å². The average Bonchev–Trinajstić information content (AvgIpc) is 2.84. The molecule has 0 saturated heterocycles. The van der Waals surface area contributed by atoms with E-state index in [1.54, 1.807) is 43.1 Å². The number of nitrogens with zero attached hydrogens (tertiary/aromatic N) is 3. The van der Waals surface area contributed by atoms with E-state index in [-0.39, 0.29) is 12.5 Å². The Morgan fingerprint density at radius 1 is 1.32 bits per heavy atom. The molecular formula is C14H17N5O3. The molecular weight excluding hydrogens is 286 g/mol. The molecule has 0 aliphatic carbocycles. The van der Waals surface area contributed by atoms with Crippen LogP contribution in [0.5, 0.6) is 0 Å². The minimum atomic E-state index is -0.507. The third-order valence-corrected chi connectivity index (χ3v) is 2.84. The van der Waals surface area contributed by atoms with E-state index in [0.29, 0.717) is 29.5 Å². The molecule has 2 rings (SSSR count). The van der Waals surface area contributed by atoms with Gasteiger partial charge in [0.2, 0.25) is 17.7 Å². The van der Waals surface area contributed by atoms with Gasteiger partial charge in [-0.25, -0.2) is 0 Å². The Morgan fingerprint density at radius 2 is 2.00 bits per heavy atom. The van der Waals surface area contributed by atoms with Crippen molar-refractivity contribution in [3.8, 4) is 0 Å². The van der Waals surface area contributed by atoms with Crippen LogP contribution in [0.15, 0.2) is 28.8 Å². The third kappa shape index (κ3) is 4.38. The van der Waals surface area contributed by atoms with Crippen molar-refractivity contribution < 1.29 is 14.1 Å². The molecule has 116 valence electrons. The van der Waals surface area contributed by atoms with Crippen LogP contribution < -0.4 is 11.1 Å². The highest BCUT2D eigenvalue weighted by molar-refractivity contribution is 5.95. The summed E-state index contributed by atoms with van der Waals surface area (Å²) < 4.78 is 4.99. The van der Waals surface area contributed by atoms with Gasteiger partial charge in [-0.15, -0.1) is 0 Å². The lowest BCUT2D eigenvalue weighted by molar-refractivity contribution is -0.117. The van der Waals surface area contributed by atoms with E-state index < -0.39 is 5.91 Å². The Bertz CT molecular complexity index is 665.